The largest absolute Gasteiger partial charge is 0.480 e. The summed E-state index contributed by atoms with van der Waals surface area (Å²) < 4.78 is 9.81. The molecule has 1 aromatic heterocycles. The van der Waals surface area contributed by atoms with E-state index in [0.717, 1.165) is 5.06 Å². The number of carbonyl (C=O) groups is 1. The SMILES string of the molecule is COc1cc(C(=O)N(C)OC)c(OC)nn1. The minimum Gasteiger partial charge on any atom is -0.480 e. The van der Waals surface area contributed by atoms with Gasteiger partial charge in [0, 0.05) is 13.1 Å². The van der Waals surface area contributed by atoms with E-state index >= 15 is 0 Å². The van der Waals surface area contributed by atoms with Gasteiger partial charge >= 0.3 is 0 Å². The lowest BCUT2D eigenvalue weighted by atomic mass is 10.2. The first-order chi connectivity index (χ1) is 7.63. The first-order valence-corrected chi connectivity index (χ1v) is 4.42. The predicted molar refractivity (Wildman–Crippen MR) is 54.2 cm³/mol. The molecule has 0 saturated carbocycles. The number of amides is 1. The molecule has 1 amide bonds. The molecule has 0 N–H and O–H groups in total. The lowest BCUT2D eigenvalue weighted by Gasteiger charge is -2.14. The van der Waals surface area contributed by atoms with Gasteiger partial charge in [0.25, 0.3) is 5.91 Å². The number of methoxy groups -OCH3 is 2. The minimum atomic E-state index is -0.396. The van der Waals surface area contributed by atoms with Crippen molar-refractivity contribution in [3.63, 3.8) is 0 Å². The number of aromatic nitrogens is 2. The van der Waals surface area contributed by atoms with Crippen molar-refractivity contribution in [2.75, 3.05) is 28.4 Å². The maximum Gasteiger partial charge on any atom is 0.282 e. The maximum atomic E-state index is 11.8. The quantitative estimate of drug-likeness (QED) is 0.680. The van der Waals surface area contributed by atoms with Crippen molar-refractivity contribution >= 4 is 5.91 Å². The number of carbonyl (C=O) groups excluding carboxylic acids is 1. The molecule has 88 valence electrons. The molecule has 0 radical (unpaired) electrons. The third kappa shape index (κ3) is 2.37. The van der Waals surface area contributed by atoms with Crippen molar-refractivity contribution in [1.29, 1.82) is 0 Å². The fourth-order valence-electron chi connectivity index (χ4n) is 1.02. The van der Waals surface area contributed by atoms with Gasteiger partial charge in [0.1, 0.15) is 5.56 Å². The molecule has 0 aromatic carbocycles. The van der Waals surface area contributed by atoms with E-state index in [2.05, 4.69) is 10.2 Å². The Morgan fingerprint density at radius 3 is 2.44 bits per heavy atom. The van der Waals surface area contributed by atoms with Crippen LogP contribution in [0.2, 0.25) is 0 Å². The van der Waals surface area contributed by atoms with Crippen LogP contribution >= 0.6 is 0 Å². The first-order valence-electron chi connectivity index (χ1n) is 4.42. The van der Waals surface area contributed by atoms with Crippen LogP contribution in [-0.4, -0.2) is 49.5 Å². The Balaban J connectivity index is 3.13. The van der Waals surface area contributed by atoms with E-state index in [1.54, 1.807) is 0 Å². The molecule has 0 saturated heterocycles. The number of hydrogen-bond acceptors (Lipinski definition) is 6. The van der Waals surface area contributed by atoms with Crippen molar-refractivity contribution in [1.82, 2.24) is 15.3 Å². The molecule has 7 heteroatoms. The minimum absolute atomic E-state index is 0.120. The third-order valence-corrected chi connectivity index (χ3v) is 1.93. The summed E-state index contributed by atoms with van der Waals surface area (Å²) in [6.07, 6.45) is 0. The Labute approximate surface area is 92.9 Å². The normalized spacial score (nSPS) is 9.75. The summed E-state index contributed by atoms with van der Waals surface area (Å²) in [6.45, 7) is 0. The zero-order valence-electron chi connectivity index (χ0n) is 9.55. The molecular weight excluding hydrogens is 214 g/mol. The van der Waals surface area contributed by atoms with Gasteiger partial charge in [-0.05, 0) is 0 Å². The molecule has 0 fully saturated rings. The second kappa shape index (κ2) is 5.26. The second-order valence-electron chi connectivity index (χ2n) is 2.79. The molecule has 0 atom stereocenters. The molecule has 0 aliphatic rings. The van der Waals surface area contributed by atoms with Crippen LogP contribution in [0.15, 0.2) is 6.07 Å². The smallest absolute Gasteiger partial charge is 0.282 e. The monoisotopic (exact) mass is 227 g/mol. The predicted octanol–water partition coefficient (Wildman–Crippen LogP) is 0.127. The first kappa shape index (κ1) is 12.2. The van der Waals surface area contributed by atoms with Crippen LogP contribution in [0.3, 0.4) is 0 Å². The van der Waals surface area contributed by atoms with Crippen LogP contribution in [0, 0.1) is 0 Å². The molecule has 7 nitrogen and oxygen atoms in total. The van der Waals surface area contributed by atoms with Gasteiger partial charge in [0.2, 0.25) is 11.8 Å². The van der Waals surface area contributed by atoms with Crippen molar-refractivity contribution in [2.45, 2.75) is 0 Å². The summed E-state index contributed by atoms with van der Waals surface area (Å²) in [5.74, 6) is -0.0455. The van der Waals surface area contributed by atoms with Crippen LogP contribution in [0.5, 0.6) is 11.8 Å². The van der Waals surface area contributed by atoms with Crippen molar-refractivity contribution in [3.8, 4) is 11.8 Å². The average molecular weight is 227 g/mol. The van der Waals surface area contributed by atoms with E-state index in [-0.39, 0.29) is 17.3 Å². The molecule has 1 aromatic rings. The third-order valence-electron chi connectivity index (χ3n) is 1.93. The number of ether oxygens (including phenoxy) is 2. The van der Waals surface area contributed by atoms with Gasteiger partial charge in [-0.15, -0.1) is 10.2 Å². The van der Waals surface area contributed by atoms with Crippen LogP contribution < -0.4 is 9.47 Å². The molecule has 0 unspecified atom stereocenters. The lowest BCUT2D eigenvalue weighted by Crippen LogP contribution is -2.26. The maximum absolute atomic E-state index is 11.8. The van der Waals surface area contributed by atoms with Crippen molar-refractivity contribution in [2.24, 2.45) is 0 Å². The molecule has 0 bridgehead atoms. The van der Waals surface area contributed by atoms with E-state index in [1.807, 2.05) is 0 Å². The zero-order valence-corrected chi connectivity index (χ0v) is 9.55. The van der Waals surface area contributed by atoms with Gasteiger partial charge in [-0.3, -0.25) is 9.63 Å². The summed E-state index contributed by atoms with van der Waals surface area (Å²) in [6, 6.07) is 1.43. The topological polar surface area (TPSA) is 73.8 Å². The summed E-state index contributed by atoms with van der Waals surface area (Å²) in [7, 11) is 5.70. The van der Waals surface area contributed by atoms with Crippen LogP contribution in [-0.2, 0) is 4.84 Å². The highest BCUT2D eigenvalue weighted by Crippen LogP contribution is 2.19. The van der Waals surface area contributed by atoms with Gasteiger partial charge in [-0.2, -0.15) is 0 Å². The molecular formula is C9H13N3O4. The summed E-state index contributed by atoms with van der Waals surface area (Å²) in [5.41, 5.74) is 0.221. The van der Waals surface area contributed by atoms with E-state index < -0.39 is 5.91 Å². The Morgan fingerprint density at radius 1 is 1.25 bits per heavy atom. The zero-order chi connectivity index (χ0) is 12.1. The number of nitrogens with zero attached hydrogens (tertiary/aromatic N) is 3. The molecule has 1 heterocycles. The standard InChI is InChI=1S/C9H13N3O4/c1-12(16-4)9(13)6-5-7(14-2)10-11-8(6)15-3/h5H,1-4H3. The number of rotatable bonds is 4. The van der Waals surface area contributed by atoms with Gasteiger partial charge in [0.05, 0.1) is 21.3 Å². The fourth-order valence-corrected chi connectivity index (χ4v) is 1.02. The van der Waals surface area contributed by atoms with Crippen molar-refractivity contribution in [3.05, 3.63) is 11.6 Å². The summed E-state index contributed by atoms with van der Waals surface area (Å²) >= 11 is 0. The van der Waals surface area contributed by atoms with Crippen molar-refractivity contribution < 1.29 is 19.1 Å². The molecule has 16 heavy (non-hydrogen) atoms. The second-order valence-corrected chi connectivity index (χ2v) is 2.79. The average Bonchev–Trinajstić information content (AvgIpc) is 2.35. The number of hydroxylamine groups is 2. The van der Waals surface area contributed by atoms with Crippen LogP contribution in [0.25, 0.3) is 0 Å². The van der Waals surface area contributed by atoms with E-state index in [9.17, 15) is 4.79 Å². The van der Waals surface area contributed by atoms with E-state index in [1.165, 1.54) is 34.4 Å². The van der Waals surface area contributed by atoms with Gasteiger partial charge in [0.15, 0.2) is 0 Å². The van der Waals surface area contributed by atoms with E-state index in [0.29, 0.717) is 0 Å². The Bertz CT molecular complexity index is 383. The fraction of sp³-hybridized carbons (Fsp3) is 0.444. The lowest BCUT2D eigenvalue weighted by molar-refractivity contribution is -0.0759. The van der Waals surface area contributed by atoms with Gasteiger partial charge in [-0.1, -0.05) is 0 Å². The van der Waals surface area contributed by atoms with Gasteiger partial charge < -0.3 is 9.47 Å². The van der Waals surface area contributed by atoms with Gasteiger partial charge in [-0.25, -0.2) is 5.06 Å². The Morgan fingerprint density at radius 2 is 1.94 bits per heavy atom. The highest BCUT2D eigenvalue weighted by atomic mass is 16.7. The molecule has 0 spiro atoms. The van der Waals surface area contributed by atoms with E-state index in [4.69, 9.17) is 14.3 Å². The highest BCUT2D eigenvalue weighted by Gasteiger charge is 2.19. The Kier molecular flexibility index (Phi) is 4.01. The summed E-state index contributed by atoms with van der Waals surface area (Å²) in [4.78, 5) is 16.6. The van der Waals surface area contributed by atoms with Crippen LogP contribution in [0.1, 0.15) is 10.4 Å². The highest BCUT2D eigenvalue weighted by molar-refractivity contribution is 5.95. The molecule has 0 aliphatic carbocycles. The molecule has 1 rings (SSSR count). The summed E-state index contributed by atoms with van der Waals surface area (Å²) in [5, 5.41) is 8.45. The van der Waals surface area contributed by atoms with Crippen LogP contribution in [0.4, 0.5) is 0 Å². The Hall–Kier alpha value is -1.89. The molecule has 0 aliphatic heterocycles. The number of hydrogen-bond donors (Lipinski definition) is 0.